The van der Waals surface area contributed by atoms with Gasteiger partial charge in [-0.15, -0.1) is 0 Å². The number of imidazole rings is 1. The van der Waals surface area contributed by atoms with Crippen LogP contribution < -0.4 is 0 Å². The van der Waals surface area contributed by atoms with E-state index in [9.17, 15) is 0 Å². The second-order valence-electron chi connectivity index (χ2n) is 6.78. The van der Waals surface area contributed by atoms with Gasteiger partial charge < -0.3 is 9.30 Å². The Labute approximate surface area is 151 Å². The van der Waals surface area contributed by atoms with Crippen LogP contribution in [-0.2, 0) is 17.8 Å². The molecule has 0 bridgehead atoms. The van der Waals surface area contributed by atoms with Gasteiger partial charge >= 0.3 is 0 Å². The van der Waals surface area contributed by atoms with E-state index >= 15 is 0 Å². The molecule has 1 aromatic carbocycles. The van der Waals surface area contributed by atoms with E-state index in [1.165, 1.54) is 12.0 Å². The predicted octanol–water partition coefficient (Wildman–Crippen LogP) is 2.47. The Morgan fingerprint density at radius 2 is 2.00 bits per heavy atom. The van der Waals surface area contributed by atoms with Crippen molar-refractivity contribution in [2.24, 2.45) is 0 Å². The minimum atomic E-state index is 0.612. The van der Waals surface area contributed by atoms with Crippen LogP contribution in [0.1, 0.15) is 24.7 Å². The topological polar surface area (TPSA) is 33.5 Å². The molecule has 0 saturated carbocycles. The monoisotopic (exact) mass is 342 g/mol. The van der Waals surface area contributed by atoms with Crippen molar-refractivity contribution < 1.29 is 4.74 Å². The van der Waals surface area contributed by atoms with Crippen LogP contribution in [0.4, 0.5) is 0 Å². The number of nitrogens with zero attached hydrogens (tertiary/aromatic N) is 4. The smallest absolute Gasteiger partial charge is 0.123 e. The van der Waals surface area contributed by atoms with Gasteiger partial charge in [0.1, 0.15) is 5.82 Å². The van der Waals surface area contributed by atoms with Crippen molar-refractivity contribution in [2.75, 3.05) is 39.9 Å². The molecule has 1 aromatic heterocycles. The quantitative estimate of drug-likeness (QED) is 0.738. The molecule has 136 valence electrons. The van der Waals surface area contributed by atoms with Gasteiger partial charge in [-0.25, -0.2) is 4.98 Å². The van der Waals surface area contributed by atoms with Gasteiger partial charge in [0.25, 0.3) is 0 Å². The number of ether oxygens (including phenoxy) is 1. The summed E-state index contributed by atoms with van der Waals surface area (Å²) >= 11 is 0. The maximum Gasteiger partial charge on any atom is 0.123 e. The van der Waals surface area contributed by atoms with E-state index in [1.807, 2.05) is 6.20 Å². The second kappa shape index (κ2) is 9.13. The minimum Gasteiger partial charge on any atom is -0.383 e. The van der Waals surface area contributed by atoms with E-state index in [0.717, 1.165) is 51.7 Å². The third-order valence-corrected chi connectivity index (χ3v) is 5.11. The number of aromatic nitrogens is 2. The third-order valence-electron chi connectivity index (χ3n) is 5.11. The molecule has 0 N–H and O–H groups in total. The number of benzene rings is 1. The molecule has 25 heavy (non-hydrogen) atoms. The van der Waals surface area contributed by atoms with E-state index in [0.29, 0.717) is 6.04 Å². The molecule has 1 fully saturated rings. The van der Waals surface area contributed by atoms with Crippen LogP contribution >= 0.6 is 0 Å². The van der Waals surface area contributed by atoms with Crippen molar-refractivity contribution in [1.29, 1.82) is 0 Å². The molecule has 5 heteroatoms. The van der Waals surface area contributed by atoms with Crippen molar-refractivity contribution in [3.8, 4) is 0 Å². The van der Waals surface area contributed by atoms with Gasteiger partial charge in [0.05, 0.1) is 13.2 Å². The first kappa shape index (κ1) is 18.1. The maximum atomic E-state index is 5.25. The van der Waals surface area contributed by atoms with Crippen LogP contribution in [0.5, 0.6) is 0 Å². The first-order valence-electron chi connectivity index (χ1n) is 9.29. The summed E-state index contributed by atoms with van der Waals surface area (Å²) in [5.41, 5.74) is 1.32. The van der Waals surface area contributed by atoms with Crippen LogP contribution in [0.15, 0.2) is 42.7 Å². The highest BCUT2D eigenvalue weighted by Crippen LogP contribution is 2.15. The van der Waals surface area contributed by atoms with E-state index in [-0.39, 0.29) is 0 Å². The van der Waals surface area contributed by atoms with Gasteiger partial charge in [0.15, 0.2) is 0 Å². The lowest BCUT2D eigenvalue weighted by atomic mass is 10.1. The number of methoxy groups -OCH3 is 1. The first-order chi connectivity index (χ1) is 12.3. The largest absolute Gasteiger partial charge is 0.383 e. The molecule has 1 atom stereocenters. The zero-order valence-electron chi connectivity index (χ0n) is 15.5. The fraction of sp³-hybridized carbons (Fsp3) is 0.550. The van der Waals surface area contributed by atoms with Gasteiger partial charge in [0.2, 0.25) is 0 Å². The average molecular weight is 342 g/mol. The van der Waals surface area contributed by atoms with E-state index < -0.39 is 0 Å². The Morgan fingerprint density at radius 1 is 1.16 bits per heavy atom. The molecule has 1 aliphatic heterocycles. The van der Waals surface area contributed by atoms with Gasteiger partial charge in [-0.3, -0.25) is 9.80 Å². The number of piperazine rings is 1. The normalized spacial score (nSPS) is 19.4. The van der Waals surface area contributed by atoms with Gasteiger partial charge in [-0.2, -0.15) is 0 Å². The lowest BCUT2D eigenvalue weighted by Gasteiger charge is -2.41. The minimum absolute atomic E-state index is 0.612. The summed E-state index contributed by atoms with van der Waals surface area (Å²) in [5.74, 6) is 1.16. The molecule has 1 unspecified atom stereocenters. The lowest BCUT2D eigenvalue weighted by Crippen LogP contribution is -2.53. The van der Waals surface area contributed by atoms with Crippen LogP contribution in [0.3, 0.4) is 0 Å². The number of rotatable bonds is 8. The molecule has 0 spiro atoms. The summed E-state index contributed by atoms with van der Waals surface area (Å²) in [6.07, 6.45) is 5.19. The molecular formula is C20H30N4O. The highest BCUT2D eigenvalue weighted by Gasteiger charge is 2.26. The molecule has 2 heterocycles. The van der Waals surface area contributed by atoms with Crippen LogP contribution in [0.25, 0.3) is 0 Å². The van der Waals surface area contributed by atoms with E-state index in [1.54, 1.807) is 7.11 Å². The Kier molecular flexibility index (Phi) is 6.62. The maximum absolute atomic E-state index is 5.25. The number of hydrogen-bond donors (Lipinski definition) is 0. The SMILES string of the molecule is CCC1CN(Cc2nccn2Cc2ccccc2)CCN1CCOC. The summed E-state index contributed by atoms with van der Waals surface area (Å²) in [5, 5.41) is 0. The van der Waals surface area contributed by atoms with Crippen LogP contribution in [-0.4, -0.2) is 65.3 Å². The third kappa shape index (κ3) is 4.91. The molecule has 5 nitrogen and oxygen atoms in total. The number of hydrogen-bond acceptors (Lipinski definition) is 4. The van der Waals surface area contributed by atoms with Crippen molar-refractivity contribution in [1.82, 2.24) is 19.4 Å². The first-order valence-corrected chi connectivity index (χ1v) is 9.29. The molecule has 0 radical (unpaired) electrons. The zero-order valence-corrected chi connectivity index (χ0v) is 15.5. The Balaban J connectivity index is 1.59. The van der Waals surface area contributed by atoms with Gasteiger partial charge in [0, 0.05) is 58.3 Å². The fourth-order valence-corrected chi connectivity index (χ4v) is 3.61. The van der Waals surface area contributed by atoms with Gasteiger partial charge in [-0.05, 0) is 12.0 Å². The van der Waals surface area contributed by atoms with Crippen molar-refractivity contribution in [2.45, 2.75) is 32.5 Å². The Bertz CT molecular complexity index is 628. The standard InChI is InChI=1S/C20H30N4O/c1-3-19-16-22(11-12-23(19)13-14-25-2)17-20-21-9-10-24(20)15-18-7-5-4-6-8-18/h4-10,19H,3,11-17H2,1-2H3. The zero-order chi connectivity index (χ0) is 17.5. The predicted molar refractivity (Wildman–Crippen MR) is 101 cm³/mol. The summed E-state index contributed by atoms with van der Waals surface area (Å²) in [7, 11) is 1.78. The molecule has 1 saturated heterocycles. The molecule has 2 aromatic rings. The van der Waals surface area contributed by atoms with Crippen molar-refractivity contribution in [3.05, 3.63) is 54.1 Å². The van der Waals surface area contributed by atoms with E-state index in [2.05, 4.69) is 62.8 Å². The Morgan fingerprint density at radius 3 is 2.76 bits per heavy atom. The fourth-order valence-electron chi connectivity index (χ4n) is 3.61. The van der Waals surface area contributed by atoms with Crippen LogP contribution in [0, 0.1) is 0 Å². The molecule has 3 rings (SSSR count). The molecule has 1 aliphatic rings. The summed E-state index contributed by atoms with van der Waals surface area (Å²) < 4.78 is 7.52. The molecular weight excluding hydrogens is 312 g/mol. The second-order valence-corrected chi connectivity index (χ2v) is 6.78. The lowest BCUT2D eigenvalue weighted by molar-refractivity contribution is 0.0451. The average Bonchev–Trinajstić information content (AvgIpc) is 3.08. The summed E-state index contributed by atoms with van der Waals surface area (Å²) in [4.78, 5) is 9.72. The Hall–Kier alpha value is -1.69. The molecule has 0 amide bonds. The van der Waals surface area contributed by atoms with Crippen molar-refractivity contribution >= 4 is 0 Å². The molecule has 0 aliphatic carbocycles. The van der Waals surface area contributed by atoms with Gasteiger partial charge in [-0.1, -0.05) is 37.3 Å². The highest BCUT2D eigenvalue weighted by molar-refractivity contribution is 5.15. The summed E-state index contributed by atoms with van der Waals surface area (Å²) in [6.45, 7) is 9.27. The van der Waals surface area contributed by atoms with E-state index in [4.69, 9.17) is 4.74 Å². The van der Waals surface area contributed by atoms with Crippen LogP contribution in [0.2, 0.25) is 0 Å². The highest BCUT2D eigenvalue weighted by atomic mass is 16.5. The van der Waals surface area contributed by atoms with Crippen molar-refractivity contribution in [3.63, 3.8) is 0 Å². The summed E-state index contributed by atoms with van der Waals surface area (Å²) in [6, 6.07) is 11.2.